The lowest BCUT2D eigenvalue weighted by atomic mass is 10.2. The second kappa shape index (κ2) is 4.84. The van der Waals surface area contributed by atoms with Crippen molar-refractivity contribution < 1.29 is 0 Å². The quantitative estimate of drug-likeness (QED) is 0.714. The molecule has 0 spiro atoms. The van der Waals surface area contributed by atoms with Gasteiger partial charge in [-0.1, -0.05) is 11.3 Å². The fraction of sp³-hybridized carbons (Fsp3) is 0.308. The number of hydrogen-bond donors (Lipinski definition) is 0. The monoisotopic (exact) mass is 269 g/mol. The summed E-state index contributed by atoms with van der Waals surface area (Å²) in [6.07, 6.45) is 3.32. The Labute approximate surface area is 116 Å². The van der Waals surface area contributed by atoms with Crippen molar-refractivity contribution in [3.63, 3.8) is 0 Å². The van der Waals surface area contributed by atoms with Gasteiger partial charge < -0.3 is 4.90 Å². The zero-order valence-corrected chi connectivity index (χ0v) is 11.6. The van der Waals surface area contributed by atoms with Crippen molar-refractivity contribution >= 4 is 17.0 Å². The molecule has 0 N–H and O–H groups in total. The molecule has 1 atom stereocenters. The average Bonchev–Trinajstić information content (AvgIpc) is 2.88. The normalized spacial score (nSPS) is 12.6. The Kier molecular flexibility index (Phi) is 3.02. The number of aryl methyl sites for hydroxylation is 1. The zero-order chi connectivity index (χ0) is 14.1. The molecule has 0 saturated heterocycles. The van der Waals surface area contributed by atoms with Crippen molar-refractivity contribution in [2.24, 2.45) is 7.05 Å². The Morgan fingerprint density at radius 2 is 2.05 bits per heavy atom. The van der Waals surface area contributed by atoms with Gasteiger partial charge in [-0.2, -0.15) is 0 Å². The molecule has 3 rings (SSSR count). The van der Waals surface area contributed by atoms with Crippen LogP contribution in [-0.2, 0) is 7.05 Å². The largest absolute Gasteiger partial charge is 0.349 e. The molecule has 102 valence electrons. The van der Waals surface area contributed by atoms with Crippen molar-refractivity contribution in [2.45, 2.75) is 13.0 Å². The minimum atomic E-state index is 0.0799. The van der Waals surface area contributed by atoms with Gasteiger partial charge in [0.2, 0.25) is 0 Å². The van der Waals surface area contributed by atoms with Crippen LogP contribution in [0.25, 0.3) is 11.2 Å². The first kappa shape index (κ1) is 12.5. The predicted octanol–water partition coefficient (Wildman–Crippen LogP) is 1.35. The van der Waals surface area contributed by atoms with Gasteiger partial charge in [0.25, 0.3) is 0 Å². The number of fused-ring (bicyclic) bond motifs is 1. The number of anilines is 1. The number of aromatic nitrogens is 6. The number of hydrogen-bond acceptors (Lipinski definition) is 6. The Balaban J connectivity index is 2.02. The van der Waals surface area contributed by atoms with Gasteiger partial charge in [-0.25, -0.2) is 14.6 Å². The Bertz CT molecular complexity index is 722. The van der Waals surface area contributed by atoms with Crippen LogP contribution in [0.1, 0.15) is 18.7 Å². The molecule has 3 aromatic heterocycles. The SMILES string of the molecule is CC(c1ccccn1)N(C)c1ncnc2c1nnn2C. The number of rotatable bonds is 3. The number of pyridine rings is 1. The summed E-state index contributed by atoms with van der Waals surface area (Å²) in [5.74, 6) is 0.751. The van der Waals surface area contributed by atoms with Crippen LogP contribution in [0.5, 0.6) is 0 Å². The van der Waals surface area contributed by atoms with Gasteiger partial charge in [0.15, 0.2) is 17.0 Å². The van der Waals surface area contributed by atoms with E-state index in [9.17, 15) is 0 Å². The highest BCUT2D eigenvalue weighted by atomic mass is 15.4. The van der Waals surface area contributed by atoms with E-state index >= 15 is 0 Å². The van der Waals surface area contributed by atoms with Crippen LogP contribution in [0.4, 0.5) is 5.82 Å². The molecule has 0 bridgehead atoms. The summed E-state index contributed by atoms with van der Waals surface area (Å²) in [7, 11) is 3.78. The van der Waals surface area contributed by atoms with Gasteiger partial charge in [-0.15, -0.1) is 5.10 Å². The van der Waals surface area contributed by atoms with E-state index in [-0.39, 0.29) is 6.04 Å². The van der Waals surface area contributed by atoms with E-state index in [0.717, 1.165) is 17.2 Å². The molecule has 0 radical (unpaired) electrons. The average molecular weight is 269 g/mol. The van der Waals surface area contributed by atoms with E-state index in [1.54, 1.807) is 10.9 Å². The molecule has 3 aromatic rings. The molecule has 20 heavy (non-hydrogen) atoms. The maximum Gasteiger partial charge on any atom is 0.183 e. The molecule has 1 unspecified atom stereocenters. The Morgan fingerprint density at radius 1 is 1.20 bits per heavy atom. The van der Waals surface area contributed by atoms with E-state index in [0.29, 0.717) is 5.52 Å². The van der Waals surface area contributed by atoms with Crippen LogP contribution in [0.15, 0.2) is 30.7 Å². The highest BCUT2D eigenvalue weighted by Crippen LogP contribution is 2.26. The molecule has 0 amide bonds. The van der Waals surface area contributed by atoms with Crippen molar-refractivity contribution in [3.8, 4) is 0 Å². The molecule has 0 fully saturated rings. The summed E-state index contributed by atoms with van der Waals surface area (Å²) < 4.78 is 1.64. The van der Waals surface area contributed by atoms with Gasteiger partial charge in [0, 0.05) is 20.3 Å². The van der Waals surface area contributed by atoms with E-state index in [1.807, 2.05) is 37.2 Å². The van der Waals surface area contributed by atoms with E-state index in [2.05, 4.69) is 32.2 Å². The van der Waals surface area contributed by atoms with Crippen molar-refractivity contribution in [1.82, 2.24) is 29.9 Å². The van der Waals surface area contributed by atoms with Crippen molar-refractivity contribution in [2.75, 3.05) is 11.9 Å². The molecule has 0 aliphatic carbocycles. The Morgan fingerprint density at radius 3 is 2.80 bits per heavy atom. The molecule has 0 saturated carbocycles. The lowest BCUT2D eigenvalue weighted by Gasteiger charge is -2.25. The first-order valence-electron chi connectivity index (χ1n) is 6.32. The molecule has 0 aliphatic rings. The Hall–Kier alpha value is -2.57. The van der Waals surface area contributed by atoms with Crippen LogP contribution in [0.3, 0.4) is 0 Å². The van der Waals surface area contributed by atoms with E-state index < -0.39 is 0 Å². The standard InChI is InChI=1S/C13H15N7/c1-9(10-6-4-5-7-14-10)19(2)12-11-13(16-8-15-12)20(3)18-17-11/h4-9H,1-3H3. The van der Waals surface area contributed by atoms with Crippen LogP contribution < -0.4 is 4.90 Å². The highest BCUT2D eigenvalue weighted by molar-refractivity contribution is 5.82. The smallest absolute Gasteiger partial charge is 0.183 e. The third-order valence-electron chi connectivity index (χ3n) is 3.40. The maximum absolute atomic E-state index is 4.38. The van der Waals surface area contributed by atoms with Crippen LogP contribution in [-0.4, -0.2) is 37.0 Å². The lowest BCUT2D eigenvalue weighted by Crippen LogP contribution is -2.23. The summed E-state index contributed by atoms with van der Waals surface area (Å²) in [6.45, 7) is 2.08. The van der Waals surface area contributed by atoms with E-state index in [1.165, 1.54) is 6.33 Å². The predicted molar refractivity (Wildman–Crippen MR) is 75.2 cm³/mol. The molecule has 7 nitrogen and oxygen atoms in total. The topological polar surface area (TPSA) is 72.6 Å². The van der Waals surface area contributed by atoms with Gasteiger partial charge in [0.05, 0.1) is 11.7 Å². The lowest BCUT2D eigenvalue weighted by molar-refractivity contribution is 0.706. The molecule has 7 heteroatoms. The minimum absolute atomic E-state index is 0.0799. The van der Waals surface area contributed by atoms with Crippen LogP contribution in [0, 0.1) is 0 Å². The minimum Gasteiger partial charge on any atom is -0.349 e. The van der Waals surface area contributed by atoms with Gasteiger partial charge >= 0.3 is 0 Å². The summed E-state index contributed by atoms with van der Waals surface area (Å²) in [6, 6.07) is 5.96. The van der Waals surface area contributed by atoms with Gasteiger partial charge in [-0.3, -0.25) is 4.98 Å². The second-order valence-electron chi connectivity index (χ2n) is 4.62. The molecular formula is C13H15N7. The van der Waals surface area contributed by atoms with Crippen LogP contribution >= 0.6 is 0 Å². The first-order chi connectivity index (χ1) is 9.68. The summed E-state index contributed by atoms with van der Waals surface area (Å²) in [5, 5.41) is 8.13. The number of nitrogens with zero attached hydrogens (tertiary/aromatic N) is 7. The molecule has 0 aromatic carbocycles. The fourth-order valence-electron chi connectivity index (χ4n) is 2.10. The molecular weight excluding hydrogens is 254 g/mol. The molecule has 0 aliphatic heterocycles. The summed E-state index contributed by atoms with van der Waals surface area (Å²) in [4.78, 5) is 15.0. The zero-order valence-electron chi connectivity index (χ0n) is 11.6. The first-order valence-corrected chi connectivity index (χ1v) is 6.32. The van der Waals surface area contributed by atoms with Gasteiger partial charge in [-0.05, 0) is 19.1 Å². The van der Waals surface area contributed by atoms with E-state index in [4.69, 9.17) is 0 Å². The third-order valence-corrected chi connectivity index (χ3v) is 3.40. The van der Waals surface area contributed by atoms with Crippen molar-refractivity contribution in [3.05, 3.63) is 36.4 Å². The van der Waals surface area contributed by atoms with Crippen molar-refractivity contribution in [1.29, 1.82) is 0 Å². The fourth-order valence-corrected chi connectivity index (χ4v) is 2.10. The summed E-state index contributed by atoms with van der Waals surface area (Å²) >= 11 is 0. The second-order valence-corrected chi connectivity index (χ2v) is 4.62. The molecule has 3 heterocycles. The van der Waals surface area contributed by atoms with Crippen LogP contribution in [0.2, 0.25) is 0 Å². The highest BCUT2D eigenvalue weighted by Gasteiger charge is 2.19. The maximum atomic E-state index is 4.38. The summed E-state index contributed by atoms with van der Waals surface area (Å²) in [5.41, 5.74) is 2.39. The van der Waals surface area contributed by atoms with Gasteiger partial charge in [0.1, 0.15) is 6.33 Å². The third kappa shape index (κ3) is 1.97.